The van der Waals surface area contributed by atoms with Gasteiger partial charge in [0.15, 0.2) is 0 Å². The van der Waals surface area contributed by atoms with Gasteiger partial charge in [-0.2, -0.15) is 0 Å². The van der Waals surface area contributed by atoms with E-state index >= 15 is 0 Å². The van der Waals surface area contributed by atoms with Crippen molar-refractivity contribution in [1.29, 1.82) is 0 Å². The number of benzene rings is 1. The normalized spacial score (nSPS) is 13.8. The van der Waals surface area contributed by atoms with Gasteiger partial charge in [0.1, 0.15) is 0 Å². The monoisotopic (exact) mass is 251 g/mol. The number of methoxy groups -OCH3 is 1. The summed E-state index contributed by atoms with van der Waals surface area (Å²) in [7, 11) is 1.68. The second-order valence-corrected chi connectivity index (χ2v) is 4.18. The van der Waals surface area contributed by atoms with E-state index in [9.17, 15) is 4.79 Å². The molecule has 0 amide bonds. The molecule has 0 fully saturated rings. The first-order chi connectivity index (χ1) is 8.58. The molecule has 4 heteroatoms. The van der Waals surface area contributed by atoms with Crippen LogP contribution in [0.3, 0.4) is 0 Å². The number of anilines is 1. The average Bonchev–Trinajstić information content (AvgIpc) is 2.38. The highest BCUT2D eigenvalue weighted by Gasteiger charge is 2.12. The summed E-state index contributed by atoms with van der Waals surface area (Å²) in [5, 5.41) is 3.30. The number of carbonyl (C=O) groups is 1. The van der Waals surface area contributed by atoms with E-state index < -0.39 is 0 Å². The quantitative estimate of drug-likeness (QED) is 0.790. The second kappa shape index (κ2) is 7.01. The zero-order valence-electron chi connectivity index (χ0n) is 11.4. The van der Waals surface area contributed by atoms with Crippen LogP contribution in [0.2, 0.25) is 0 Å². The van der Waals surface area contributed by atoms with E-state index in [-0.39, 0.29) is 18.1 Å². The average molecular weight is 251 g/mol. The Hall–Kier alpha value is -1.55. The van der Waals surface area contributed by atoms with E-state index in [4.69, 9.17) is 9.47 Å². The van der Waals surface area contributed by atoms with Crippen LogP contribution in [0.25, 0.3) is 0 Å². The lowest BCUT2D eigenvalue weighted by molar-refractivity contribution is 0.0526. The number of rotatable bonds is 6. The Morgan fingerprint density at radius 1 is 1.39 bits per heavy atom. The third-order valence-electron chi connectivity index (χ3n) is 2.84. The summed E-state index contributed by atoms with van der Waals surface area (Å²) in [5.41, 5.74) is 1.44. The molecule has 0 aliphatic rings. The molecule has 0 radical (unpaired) electrons. The minimum Gasteiger partial charge on any atom is -0.462 e. The zero-order chi connectivity index (χ0) is 13.5. The van der Waals surface area contributed by atoms with Crippen molar-refractivity contribution in [3.05, 3.63) is 29.8 Å². The summed E-state index contributed by atoms with van der Waals surface area (Å²) >= 11 is 0. The summed E-state index contributed by atoms with van der Waals surface area (Å²) in [6, 6.07) is 7.44. The van der Waals surface area contributed by atoms with Crippen molar-refractivity contribution in [2.24, 2.45) is 0 Å². The molecule has 0 saturated heterocycles. The molecule has 1 aromatic carbocycles. The van der Waals surface area contributed by atoms with Crippen molar-refractivity contribution in [3.8, 4) is 0 Å². The summed E-state index contributed by atoms with van der Waals surface area (Å²) in [5.74, 6) is -0.298. The van der Waals surface area contributed by atoms with Crippen molar-refractivity contribution in [1.82, 2.24) is 0 Å². The SMILES string of the molecule is CCOC(=O)c1cccc(NC(C)C(C)OC)c1. The van der Waals surface area contributed by atoms with Gasteiger partial charge in [0.25, 0.3) is 0 Å². The molecule has 0 bridgehead atoms. The fourth-order valence-corrected chi connectivity index (χ4v) is 1.53. The number of nitrogens with one attached hydrogen (secondary N) is 1. The minimum absolute atomic E-state index is 0.0937. The Morgan fingerprint density at radius 3 is 2.72 bits per heavy atom. The van der Waals surface area contributed by atoms with Gasteiger partial charge in [-0.1, -0.05) is 6.07 Å². The van der Waals surface area contributed by atoms with E-state index in [1.807, 2.05) is 26.0 Å². The van der Waals surface area contributed by atoms with Crippen LogP contribution in [-0.2, 0) is 9.47 Å². The molecule has 0 aromatic heterocycles. The van der Waals surface area contributed by atoms with Crippen molar-refractivity contribution < 1.29 is 14.3 Å². The van der Waals surface area contributed by atoms with Gasteiger partial charge in [-0.15, -0.1) is 0 Å². The number of ether oxygens (including phenoxy) is 2. The molecule has 1 rings (SSSR count). The smallest absolute Gasteiger partial charge is 0.338 e. The highest BCUT2D eigenvalue weighted by Crippen LogP contribution is 2.14. The fourth-order valence-electron chi connectivity index (χ4n) is 1.53. The molecule has 18 heavy (non-hydrogen) atoms. The van der Waals surface area contributed by atoms with Crippen LogP contribution in [-0.4, -0.2) is 31.8 Å². The van der Waals surface area contributed by atoms with Gasteiger partial charge in [-0.05, 0) is 39.0 Å². The van der Waals surface area contributed by atoms with Crippen LogP contribution in [0.4, 0.5) is 5.69 Å². The van der Waals surface area contributed by atoms with Crippen LogP contribution in [0, 0.1) is 0 Å². The molecule has 0 aliphatic heterocycles. The van der Waals surface area contributed by atoms with E-state index in [0.717, 1.165) is 5.69 Å². The largest absolute Gasteiger partial charge is 0.462 e. The van der Waals surface area contributed by atoms with Crippen molar-refractivity contribution in [2.45, 2.75) is 32.9 Å². The number of esters is 1. The Morgan fingerprint density at radius 2 is 2.11 bits per heavy atom. The molecule has 0 saturated carbocycles. The molecule has 0 aliphatic carbocycles. The van der Waals surface area contributed by atoms with Crippen LogP contribution < -0.4 is 5.32 Å². The topological polar surface area (TPSA) is 47.6 Å². The summed E-state index contributed by atoms with van der Waals surface area (Å²) < 4.78 is 10.2. The maximum Gasteiger partial charge on any atom is 0.338 e. The predicted molar refractivity (Wildman–Crippen MR) is 72.0 cm³/mol. The number of hydrogen-bond donors (Lipinski definition) is 1. The van der Waals surface area contributed by atoms with Crippen molar-refractivity contribution in [2.75, 3.05) is 19.0 Å². The Balaban J connectivity index is 2.73. The highest BCUT2D eigenvalue weighted by atomic mass is 16.5. The van der Waals surface area contributed by atoms with Gasteiger partial charge in [0.2, 0.25) is 0 Å². The first kappa shape index (κ1) is 14.5. The molecule has 100 valence electrons. The van der Waals surface area contributed by atoms with E-state index in [0.29, 0.717) is 12.2 Å². The lowest BCUT2D eigenvalue weighted by Crippen LogP contribution is -2.29. The maximum absolute atomic E-state index is 11.6. The second-order valence-electron chi connectivity index (χ2n) is 4.18. The van der Waals surface area contributed by atoms with Gasteiger partial charge < -0.3 is 14.8 Å². The predicted octanol–water partition coefficient (Wildman–Crippen LogP) is 2.70. The Kier molecular flexibility index (Phi) is 5.65. The summed E-state index contributed by atoms with van der Waals surface area (Å²) in [6.07, 6.45) is 0.0937. The molecule has 2 unspecified atom stereocenters. The maximum atomic E-state index is 11.6. The van der Waals surface area contributed by atoms with Gasteiger partial charge in [-0.25, -0.2) is 4.79 Å². The first-order valence-corrected chi connectivity index (χ1v) is 6.15. The lowest BCUT2D eigenvalue weighted by atomic mass is 10.1. The molecule has 1 aromatic rings. The van der Waals surface area contributed by atoms with Crippen molar-refractivity contribution >= 4 is 11.7 Å². The van der Waals surface area contributed by atoms with Crippen molar-refractivity contribution in [3.63, 3.8) is 0 Å². The Labute approximate surface area is 108 Å². The highest BCUT2D eigenvalue weighted by molar-refractivity contribution is 5.90. The van der Waals surface area contributed by atoms with E-state index in [1.165, 1.54) is 0 Å². The summed E-state index contributed by atoms with van der Waals surface area (Å²) in [6.45, 7) is 6.20. The van der Waals surface area contributed by atoms with Gasteiger partial charge in [-0.3, -0.25) is 0 Å². The van der Waals surface area contributed by atoms with Crippen LogP contribution in [0.15, 0.2) is 24.3 Å². The molecule has 2 atom stereocenters. The first-order valence-electron chi connectivity index (χ1n) is 6.15. The standard InChI is InChI=1S/C14H21NO3/c1-5-18-14(16)12-7-6-8-13(9-12)15-10(2)11(3)17-4/h6-11,15H,5H2,1-4H3. The molecule has 0 spiro atoms. The lowest BCUT2D eigenvalue weighted by Gasteiger charge is -2.21. The van der Waals surface area contributed by atoms with Crippen LogP contribution in [0.1, 0.15) is 31.1 Å². The molecule has 0 heterocycles. The fraction of sp³-hybridized carbons (Fsp3) is 0.500. The minimum atomic E-state index is -0.298. The third-order valence-corrected chi connectivity index (χ3v) is 2.84. The van der Waals surface area contributed by atoms with E-state index in [1.54, 1.807) is 26.2 Å². The zero-order valence-corrected chi connectivity index (χ0v) is 11.4. The van der Waals surface area contributed by atoms with Gasteiger partial charge in [0.05, 0.1) is 18.3 Å². The molecule has 4 nitrogen and oxygen atoms in total. The number of carbonyl (C=O) groups excluding carboxylic acids is 1. The van der Waals surface area contributed by atoms with Crippen LogP contribution >= 0.6 is 0 Å². The van der Waals surface area contributed by atoms with E-state index in [2.05, 4.69) is 5.32 Å². The van der Waals surface area contributed by atoms with Gasteiger partial charge >= 0.3 is 5.97 Å². The molecule has 1 N–H and O–H groups in total. The van der Waals surface area contributed by atoms with Crippen LogP contribution in [0.5, 0.6) is 0 Å². The molecular formula is C14H21NO3. The Bertz CT molecular complexity index is 392. The summed E-state index contributed by atoms with van der Waals surface area (Å²) in [4.78, 5) is 11.6. The number of hydrogen-bond acceptors (Lipinski definition) is 4. The van der Waals surface area contributed by atoms with Gasteiger partial charge in [0, 0.05) is 18.8 Å². The third kappa shape index (κ3) is 4.04. The molecular weight excluding hydrogens is 230 g/mol.